The Hall–Kier alpha value is -3.72. The number of rotatable bonds is 5. The molecule has 0 aliphatic carbocycles. The van der Waals surface area contributed by atoms with Crippen LogP contribution in [-0.2, 0) is 29.8 Å². The second-order valence-electron chi connectivity index (χ2n) is 11.0. The summed E-state index contributed by atoms with van der Waals surface area (Å²) in [6.07, 6.45) is -16.1. The van der Waals surface area contributed by atoms with Gasteiger partial charge in [0.2, 0.25) is 0 Å². The Morgan fingerprint density at radius 1 is 1.02 bits per heavy atom. The number of halogens is 9. The minimum atomic E-state index is -5.10. The molecule has 1 aromatic carbocycles. The van der Waals surface area contributed by atoms with E-state index >= 15 is 0 Å². The average molecular weight is 640 g/mol. The Morgan fingerprint density at radius 2 is 1.64 bits per heavy atom. The number of nitrogens with one attached hydrogen (secondary N) is 1. The maximum atomic E-state index is 13.8. The first-order chi connectivity index (χ1) is 20.3. The number of aromatic nitrogens is 1. The summed E-state index contributed by atoms with van der Waals surface area (Å²) in [6.45, 7) is 6.07. The number of hydrogen-bond donors (Lipinski definition) is 1. The van der Waals surface area contributed by atoms with Crippen molar-refractivity contribution in [3.05, 3.63) is 58.4 Å². The van der Waals surface area contributed by atoms with Crippen LogP contribution < -0.4 is 10.3 Å². The molecule has 2 aliphatic heterocycles. The Morgan fingerprint density at radius 3 is 2.11 bits per heavy atom. The normalized spacial score (nSPS) is 20.7. The van der Waals surface area contributed by atoms with Gasteiger partial charge in [-0.2, -0.15) is 44.6 Å². The molecule has 3 atom stereocenters. The maximum absolute atomic E-state index is 13.8. The summed E-state index contributed by atoms with van der Waals surface area (Å²) in [4.78, 5) is 19.6. The second-order valence-corrected chi connectivity index (χ2v) is 11.0. The monoisotopic (exact) mass is 639 g/mol. The molecule has 2 aromatic rings. The summed E-state index contributed by atoms with van der Waals surface area (Å²) in [6, 6.07) is 0.855. The van der Waals surface area contributed by atoms with E-state index in [0.29, 0.717) is 24.6 Å². The molecule has 0 bridgehead atoms. The van der Waals surface area contributed by atoms with Crippen molar-refractivity contribution in [1.29, 1.82) is 0 Å². The van der Waals surface area contributed by atoms with Crippen molar-refractivity contribution < 1.29 is 49.0 Å². The highest BCUT2D eigenvalue weighted by atomic mass is 19.4. The number of amidine groups is 1. The molecular weight excluding hydrogens is 609 g/mol. The van der Waals surface area contributed by atoms with Gasteiger partial charge < -0.3 is 15.1 Å². The lowest BCUT2D eigenvalue weighted by Crippen LogP contribution is -2.49. The highest BCUT2D eigenvalue weighted by Gasteiger charge is 2.44. The van der Waals surface area contributed by atoms with Crippen LogP contribution in [0.25, 0.3) is 0 Å². The van der Waals surface area contributed by atoms with Gasteiger partial charge in [0.1, 0.15) is 11.5 Å². The molecule has 1 amide bonds. The maximum Gasteiger partial charge on any atom is 0.433 e. The van der Waals surface area contributed by atoms with E-state index in [2.05, 4.69) is 15.5 Å². The first-order valence-electron chi connectivity index (χ1n) is 13.7. The fourth-order valence-electron chi connectivity index (χ4n) is 5.30. The second kappa shape index (κ2) is 12.0. The highest BCUT2D eigenvalue weighted by Crippen LogP contribution is 2.44. The predicted molar refractivity (Wildman–Crippen MR) is 141 cm³/mol. The third-order valence-electron chi connectivity index (χ3n) is 7.24. The molecular formula is C28H30F9N5O2. The van der Waals surface area contributed by atoms with E-state index < -0.39 is 71.7 Å². The van der Waals surface area contributed by atoms with Gasteiger partial charge in [-0.3, -0.25) is 4.90 Å². The zero-order valence-electron chi connectivity index (χ0n) is 24.0. The van der Waals surface area contributed by atoms with Gasteiger partial charge in [0, 0.05) is 25.0 Å². The molecule has 1 aromatic heterocycles. The molecule has 7 nitrogen and oxygen atoms in total. The van der Waals surface area contributed by atoms with Crippen LogP contribution in [-0.4, -0.2) is 40.0 Å². The summed E-state index contributed by atoms with van der Waals surface area (Å²) in [5, 5.41) is 4.21. The van der Waals surface area contributed by atoms with Crippen LogP contribution in [0.2, 0.25) is 0 Å². The fraction of sp³-hybridized carbons (Fsp3) is 0.536. The molecule has 0 saturated carbocycles. The molecule has 2 aliphatic rings. The molecule has 0 spiro atoms. The Bertz CT molecular complexity index is 1370. The van der Waals surface area contributed by atoms with Crippen LogP contribution in [0.4, 0.5) is 50.0 Å². The number of hydrogen-bond acceptors (Lipinski definition) is 6. The number of carbonyl (C=O) groups is 1. The fourth-order valence-corrected chi connectivity index (χ4v) is 5.30. The molecule has 1 N–H and O–H groups in total. The zero-order valence-corrected chi connectivity index (χ0v) is 24.0. The molecule has 0 radical (unpaired) electrons. The Kier molecular flexibility index (Phi) is 9.04. The number of amides is 1. The van der Waals surface area contributed by atoms with E-state index in [1.54, 1.807) is 27.7 Å². The smallest absolute Gasteiger partial charge is 0.433 e. The van der Waals surface area contributed by atoms with E-state index in [9.17, 15) is 44.3 Å². The summed E-state index contributed by atoms with van der Waals surface area (Å²) in [5.74, 6) is 0.201. The van der Waals surface area contributed by atoms with Gasteiger partial charge in [0.15, 0.2) is 0 Å². The van der Waals surface area contributed by atoms with Crippen molar-refractivity contribution in [1.82, 2.24) is 15.3 Å². The number of fused-ring (bicyclic) bond motifs is 1. The number of hydrazone groups is 1. The summed E-state index contributed by atoms with van der Waals surface area (Å²) >= 11 is 0. The SMILES string of the molecule is CCC1CC(N(Cc2cc(C(F)(F)F)cc(C(F)(F)F)c2)C2=NNC(C)C2)c2nc(C(F)(F)F)ccc2N1C(=O)OC(C)C. The number of pyridine rings is 1. The molecule has 0 fully saturated rings. The Labute approximate surface area is 247 Å². The van der Waals surface area contributed by atoms with Gasteiger partial charge in [-0.15, -0.1) is 0 Å². The van der Waals surface area contributed by atoms with Crippen molar-refractivity contribution in [2.75, 3.05) is 4.90 Å². The van der Waals surface area contributed by atoms with Gasteiger partial charge in [-0.25, -0.2) is 9.78 Å². The lowest BCUT2D eigenvalue weighted by Gasteiger charge is -2.44. The largest absolute Gasteiger partial charge is 0.446 e. The Balaban J connectivity index is 1.91. The summed E-state index contributed by atoms with van der Waals surface area (Å²) < 4.78 is 129. The number of carbonyl (C=O) groups excluding carboxylic acids is 1. The molecule has 3 heterocycles. The van der Waals surface area contributed by atoms with Crippen molar-refractivity contribution >= 4 is 17.6 Å². The van der Waals surface area contributed by atoms with Gasteiger partial charge >= 0.3 is 24.6 Å². The minimum absolute atomic E-state index is 0.00293. The van der Waals surface area contributed by atoms with Crippen molar-refractivity contribution in [2.24, 2.45) is 5.10 Å². The van der Waals surface area contributed by atoms with Crippen LogP contribution in [0.5, 0.6) is 0 Å². The van der Waals surface area contributed by atoms with Crippen LogP contribution in [0, 0.1) is 0 Å². The molecule has 44 heavy (non-hydrogen) atoms. The molecule has 4 rings (SSSR count). The van der Waals surface area contributed by atoms with Gasteiger partial charge in [0.05, 0.1) is 34.7 Å². The predicted octanol–water partition coefficient (Wildman–Crippen LogP) is 7.91. The standard InChI is InChI=1S/C28H30F9N5O2/c1-5-19-12-21(24-20(42(19)25(43)44-14(2)3)6-7-22(38-24)28(35,36)37)41(23-8-15(4)39-40-23)13-16-9-17(26(29,30)31)11-18(10-16)27(32,33)34/h6-7,9-11,14-15,19,21,39H,5,8,12-13H2,1-4H3. The number of anilines is 1. The first kappa shape index (κ1) is 33.2. The summed E-state index contributed by atoms with van der Waals surface area (Å²) in [5.41, 5.74) is -2.21. The topological polar surface area (TPSA) is 70.1 Å². The van der Waals surface area contributed by atoms with Gasteiger partial charge in [0.25, 0.3) is 0 Å². The number of benzene rings is 1. The molecule has 3 unspecified atom stereocenters. The molecule has 0 saturated heterocycles. The van der Waals surface area contributed by atoms with Crippen molar-refractivity contribution in [2.45, 2.75) is 96.3 Å². The van der Waals surface area contributed by atoms with E-state index in [1.807, 2.05) is 0 Å². The zero-order chi connectivity index (χ0) is 32.8. The van der Waals surface area contributed by atoms with Gasteiger partial charge in [-0.05, 0) is 69.5 Å². The van der Waals surface area contributed by atoms with E-state index in [0.717, 1.165) is 6.07 Å². The van der Waals surface area contributed by atoms with Crippen LogP contribution in [0.3, 0.4) is 0 Å². The minimum Gasteiger partial charge on any atom is -0.446 e. The lowest BCUT2D eigenvalue weighted by atomic mass is 9.91. The van der Waals surface area contributed by atoms with Crippen molar-refractivity contribution in [3.8, 4) is 0 Å². The number of alkyl halides is 9. The van der Waals surface area contributed by atoms with Crippen LogP contribution in [0.1, 0.15) is 81.1 Å². The van der Waals surface area contributed by atoms with E-state index in [-0.39, 0.29) is 42.2 Å². The van der Waals surface area contributed by atoms with Gasteiger partial charge in [-0.1, -0.05) is 6.92 Å². The third-order valence-corrected chi connectivity index (χ3v) is 7.24. The number of nitrogens with zero attached hydrogens (tertiary/aromatic N) is 4. The molecule has 16 heteroatoms. The average Bonchev–Trinajstić information content (AvgIpc) is 3.34. The van der Waals surface area contributed by atoms with Crippen LogP contribution in [0.15, 0.2) is 35.4 Å². The lowest BCUT2D eigenvalue weighted by molar-refractivity contribution is -0.143. The quantitative estimate of drug-likeness (QED) is 0.337. The number of ether oxygens (including phenoxy) is 1. The molecule has 242 valence electrons. The third kappa shape index (κ3) is 7.15. The van der Waals surface area contributed by atoms with E-state index in [4.69, 9.17) is 4.74 Å². The first-order valence-corrected chi connectivity index (χ1v) is 13.7. The van der Waals surface area contributed by atoms with Crippen LogP contribution >= 0.6 is 0 Å². The van der Waals surface area contributed by atoms with E-state index in [1.165, 1.54) is 9.80 Å². The summed E-state index contributed by atoms with van der Waals surface area (Å²) in [7, 11) is 0. The van der Waals surface area contributed by atoms with Crippen molar-refractivity contribution in [3.63, 3.8) is 0 Å². The highest BCUT2D eigenvalue weighted by molar-refractivity contribution is 5.91.